The minimum absolute atomic E-state index is 0.342. The average Bonchev–Trinajstić information content (AvgIpc) is 2.24. The van der Waals surface area contributed by atoms with Crippen LogP contribution < -0.4 is 5.32 Å². The van der Waals surface area contributed by atoms with Crippen LogP contribution in [0.2, 0.25) is 0 Å². The molecule has 0 aliphatic heterocycles. The maximum absolute atomic E-state index is 4.49. The highest BCUT2D eigenvalue weighted by atomic mass is 79.9. The maximum Gasteiger partial charge on any atom is 0.0714 e. The van der Waals surface area contributed by atoms with Crippen LogP contribution in [0, 0.1) is 5.41 Å². The van der Waals surface area contributed by atoms with E-state index in [1.54, 1.807) is 0 Å². The van der Waals surface area contributed by atoms with Gasteiger partial charge in [0.1, 0.15) is 0 Å². The van der Waals surface area contributed by atoms with Crippen molar-refractivity contribution >= 4 is 15.9 Å². The molecule has 0 amide bonds. The van der Waals surface area contributed by atoms with Crippen molar-refractivity contribution < 1.29 is 0 Å². The lowest BCUT2D eigenvalue weighted by Crippen LogP contribution is -2.23. The summed E-state index contributed by atoms with van der Waals surface area (Å²) >= 11 is 3.58. The van der Waals surface area contributed by atoms with Crippen LogP contribution >= 0.6 is 15.9 Å². The van der Waals surface area contributed by atoms with Gasteiger partial charge in [-0.25, -0.2) is 0 Å². The monoisotopic (exact) mass is 298 g/mol. The fourth-order valence-corrected chi connectivity index (χ4v) is 2.34. The highest BCUT2D eigenvalue weighted by Gasteiger charge is 2.18. The molecule has 0 bridgehead atoms. The highest BCUT2D eigenvalue weighted by molar-refractivity contribution is 9.10. The second-order valence-corrected chi connectivity index (χ2v) is 6.43. The molecule has 3 heteroatoms. The zero-order valence-corrected chi connectivity index (χ0v) is 12.8. The summed E-state index contributed by atoms with van der Waals surface area (Å²) in [4.78, 5) is 4.49. The zero-order chi connectivity index (χ0) is 12.9. The lowest BCUT2D eigenvalue weighted by atomic mass is 9.88. The molecule has 1 N–H and O–H groups in total. The Labute approximate surface area is 113 Å². The van der Waals surface area contributed by atoms with Crippen molar-refractivity contribution in [2.45, 2.75) is 46.6 Å². The summed E-state index contributed by atoms with van der Waals surface area (Å²) in [5, 5.41) is 3.52. The maximum atomic E-state index is 4.49. The summed E-state index contributed by atoms with van der Waals surface area (Å²) in [6.07, 6.45) is 4.17. The predicted octanol–water partition coefficient (Wildman–Crippen LogP) is 4.32. The number of hydrogen-bond donors (Lipinski definition) is 1. The van der Waals surface area contributed by atoms with Crippen LogP contribution in [-0.2, 0) is 0 Å². The highest BCUT2D eigenvalue weighted by Crippen LogP contribution is 2.29. The Hall–Kier alpha value is -0.410. The Bertz CT molecular complexity index is 344. The number of aromatic nitrogens is 1. The first-order valence-corrected chi connectivity index (χ1v) is 7.07. The van der Waals surface area contributed by atoms with Gasteiger partial charge in [-0.1, -0.05) is 27.7 Å². The van der Waals surface area contributed by atoms with Gasteiger partial charge in [-0.05, 0) is 52.9 Å². The largest absolute Gasteiger partial charge is 0.309 e. The molecule has 1 atom stereocenters. The first-order chi connectivity index (χ1) is 7.94. The normalized spacial score (nSPS) is 13.7. The van der Waals surface area contributed by atoms with E-state index >= 15 is 0 Å². The van der Waals surface area contributed by atoms with E-state index < -0.39 is 0 Å². The van der Waals surface area contributed by atoms with Crippen LogP contribution in [0.4, 0.5) is 0 Å². The second kappa shape index (κ2) is 6.50. The summed E-state index contributed by atoms with van der Waals surface area (Å²) < 4.78 is 1.10. The van der Waals surface area contributed by atoms with E-state index in [1.807, 2.05) is 12.3 Å². The molecule has 1 aromatic heterocycles. The Balaban J connectivity index is 2.75. The summed E-state index contributed by atoms with van der Waals surface area (Å²) in [6, 6.07) is 4.36. The molecular weight excluding hydrogens is 276 g/mol. The molecule has 2 nitrogen and oxygen atoms in total. The Morgan fingerprint density at radius 3 is 2.65 bits per heavy atom. The van der Waals surface area contributed by atoms with E-state index in [2.05, 4.69) is 60.0 Å². The van der Waals surface area contributed by atoms with Gasteiger partial charge in [0.15, 0.2) is 0 Å². The van der Waals surface area contributed by atoms with E-state index in [4.69, 9.17) is 0 Å². The zero-order valence-electron chi connectivity index (χ0n) is 11.3. The van der Waals surface area contributed by atoms with Gasteiger partial charge >= 0.3 is 0 Å². The van der Waals surface area contributed by atoms with Crippen molar-refractivity contribution in [2.24, 2.45) is 5.41 Å². The van der Waals surface area contributed by atoms with Gasteiger partial charge < -0.3 is 5.32 Å². The fourth-order valence-electron chi connectivity index (χ4n) is 1.81. The molecule has 0 saturated heterocycles. The van der Waals surface area contributed by atoms with Gasteiger partial charge in [0.05, 0.1) is 11.7 Å². The third-order valence-electron chi connectivity index (χ3n) is 2.75. The fraction of sp³-hybridized carbons (Fsp3) is 0.643. The molecule has 1 unspecified atom stereocenters. The Morgan fingerprint density at radius 1 is 1.41 bits per heavy atom. The molecule has 0 aliphatic rings. The first kappa shape index (κ1) is 14.7. The molecule has 1 aromatic rings. The number of rotatable bonds is 5. The van der Waals surface area contributed by atoms with Crippen LogP contribution in [-0.4, -0.2) is 11.5 Å². The van der Waals surface area contributed by atoms with Crippen molar-refractivity contribution in [3.8, 4) is 0 Å². The lowest BCUT2D eigenvalue weighted by molar-refractivity contribution is 0.331. The standard InChI is InChI=1S/C14H23BrN2/c1-5-16-12(8-9-14(2,3)4)13-11(15)7-6-10-17-13/h6-7,10,12,16H,5,8-9H2,1-4H3. The minimum Gasteiger partial charge on any atom is -0.309 e. The SMILES string of the molecule is CCNC(CCC(C)(C)C)c1ncccc1Br. The van der Waals surface area contributed by atoms with Gasteiger partial charge in [0.25, 0.3) is 0 Å². The molecule has 0 spiro atoms. The van der Waals surface area contributed by atoms with E-state index in [9.17, 15) is 0 Å². The molecule has 0 saturated carbocycles. The third-order valence-corrected chi connectivity index (χ3v) is 3.42. The molecule has 1 rings (SSSR count). The molecule has 96 valence electrons. The van der Waals surface area contributed by atoms with Crippen LogP contribution in [0.5, 0.6) is 0 Å². The smallest absolute Gasteiger partial charge is 0.0714 e. The number of nitrogens with one attached hydrogen (secondary N) is 1. The van der Waals surface area contributed by atoms with Gasteiger partial charge in [0.2, 0.25) is 0 Å². The lowest BCUT2D eigenvalue weighted by Gasteiger charge is -2.24. The van der Waals surface area contributed by atoms with Crippen molar-refractivity contribution in [3.63, 3.8) is 0 Å². The number of halogens is 1. The number of hydrogen-bond acceptors (Lipinski definition) is 2. The van der Waals surface area contributed by atoms with E-state index in [1.165, 1.54) is 6.42 Å². The summed E-state index contributed by atoms with van der Waals surface area (Å²) in [5.41, 5.74) is 1.49. The van der Waals surface area contributed by atoms with Crippen LogP contribution in [0.3, 0.4) is 0 Å². The summed E-state index contributed by atoms with van der Waals surface area (Å²) in [7, 11) is 0. The van der Waals surface area contributed by atoms with Gasteiger partial charge in [-0.15, -0.1) is 0 Å². The number of nitrogens with zero attached hydrogens (tertiary/aromatic N) is 1. The van der Waals surface area contributed by atoms with Gasteiger partial charge in [0, 0.05) is 10.7 Å². The molecule has 0 radical (unpaired) electrons. The molecule has 0 fully saturated rings. The van der Waals surface area contributed by atoms with Crippen molar-refractivity contribution in [1.82, 2.24) is 10.3 Å². The quantitative estimate of drug-likeness (QED) is 0.875. The van der Waals surface area contributed by atoms with E-state index in [0.717, 1.165) is 23.1 Å². The van der Waals surface area contributed by atoms with Crippen LogP contribution in [0.25, 0.3) is 0 Å². The third kappa shape index (κ3) is 5.17. The minimum atomic E-state index is 0.342. The first-order valence-electron chi connectivity index (χ1n) is 6.28. The molecule has 1 heterocycles. The average molecular weight is 299 g/mol. The summed E-state index contributed by atoms with van der Waals surface area (Å²) in [6.45, 7) is 9.95. The van der Waals surface area contributed by atoms with Crippen molar-refractivity contribution in [1.29, 1.82) is 0 Å². The van der Waals surface area contributed by atoms with Crippen molar-refractivity contribution in [3.05, 3.63) is 28.5 Å². The van der Waals surface area contributed by atoms with E-state index in [0.29, 0.717) is 11.5 Å². The van der Waals surface area contributed by atoms with E-state index in [-0.39, 0.29) is 0 Å². The van der Waals surface area contributed by atoms with Gasteiger partial charge in [-0.3, -0.25) is 4.98 Å². The Morgan fingerprint density at radius 2 is 2.12 bits per heavy atom. The second-order valence-electron chi connectivity index (χ2n) is 5.58. The summed E-state index contributed by atoms with van der Waals surface area (Å²) in [5.74, 6) is 0. The molecule has 0 aliphatic carbocycles. The number of pyridine rings is 1. The topological polar surface area (TPSA) is 24.9 Å². The van der Waals surface area contributed by atoms with Crippen LogP contribution in [0.15, 0.2) is 22.8 Å². The molecular formula is C14H23BrN2. The van der Waals surface area contributed by atoms with Crippen LogP contribution in [0.1, 0.15) is 52.3 Å². The molecule has 0 aromatic carbocycles. The Kier molecular flexibility index (Phi) is 5.60. The predicted molar refractivity (Wildman–Crippen MR) is 77.0 cm³/mol. The van der Waals surface area contributed by atoms with Gasteiger partial charge in [-0.2, -0.15) is 0 Å². The molecule has 17 heavy (non-hydrogen) atoms. The van der Waals surface area contributed by atoms with Crippen molar-refractivity contribution in [2.75, 3.05) is 6.54 Å².